The summed E-state index contributed by atoms with van der Waals surface area (Å²) in [5.41, 5.74) is -0.715. The minimum absolute atomic E-state index is 0.119. The standard InChI is InChI=1S/C14H16BrFO2/c1-18-14(7-3-2-4-8-14)13(17)11-9-10(15)5-6-12(11)16/h5-6,9H,2-4,7-8H2,1H3. The van der Waals surface area contributed by atoms with Crippen molar-refractivity contribution in [1.82, 2.24) is 0 Å². The van der Waals surface area contributed by atoms with Crippen LogP contribution in [0.1, 0.15) is 42.5 Å². The van der Waals surface area contributed by atoms with E-state index in [1.807, 2.05) is 0 Å². The summed E-state index contributed by atoms with van der Waals surface area (Å²) < 4.78 is 19.9. The fourth-order valence-corrected chi connectivity index (χ4v) is 2.92. The molecule has 0 heterocycles. The SMILES string of the molecule is COC1(C(=O)c2cc(Br)ccc2F)CCCCC1. The molecule has 1 aromatic rings. The molecule has 0 bridgehead atoms. The Labute approximate surface area is 115 Å². The van der Waals surface area contributed by atoms with E-state index in [0.29, 0.717) is 17.3 Å². The van der Waals surface area contributed by atoms with E-state index in [2.05, 4.69) is 15.9 Å². The molecule has 1 fully saturated rings. The van der Waals surface area contributed by atoms with Crippen molar-refractivity contribution in [2.24, 2.45) is 0 Å². The number of methoxy groups -OCH3 is 1. The van der Waals surface area contributed by atoms with Gasteiger partial charge in [0.15, 0.2) is 5.78 Å². The van der Waals surface area contributed by atoms with E-state index >= 15 is 0 Å². The van der Waals surface area contributed by atoms with Crippen LogP contribution < -0.4 is 0 Å². The van der Waals surface area contributed by atoms with Crippen LogP contribution in [0.2, 0.25) is 0 Å². The zero-order valence-electron chi connectivity index (χ0n) is 10.3. The number of carbonyl (C=O) groups excluding carboxylic acids is 1. The van der Waals surface area contributed by atoms with Crippen molar-refractivity contribution in [3.05, 3.63) is 34.1 Å². The first-order chi connectivity index (χ1) is 8.59. The summed E-state index contributed by atoms with van der Waals surface area (Å²) in [6, 6.07) is 4.43. The van der Waals surface area contributed by atoms with Crippen LogP contribution in [0.3, 0.4) is 0 Å². The van der Waals surface area contributed by atoms with Gasteiger partial charge in [0, 0.05) is 11.6 Å². The summed E-state index contributed by atoms with van der Waals surface area (Å²) in [5, 5.41) is 0. The quantitative estimate of drug-likeness (QED) is 0.784. The second-order valence-electron chi connectivity index (χ2n) is 4.71. The van der Waals surface area contributed by atoms with Crippen molar-refractivity contribution in [3.63, 3.8) is 0 Å². The van der Waals surface area contributed by atoms with Gasteiger partial charge in [-0.15, -0.1) is 0 Å². The number of benzene rings is 1. The molecule has 2 nitrogen and oxygen atoms in total. The number of rotatable bonds is 3. The average molecular weight is 315 g/mol. The highest BCUT2D eigenvalue weighted by Gasteiger charge is 2.40. The third kappa shape index (κ3) is 2.50. The Balaban J connectivity index is 2.36. The average Bonchev–Trinajstić information content (AvgIpc) is 2.41. The maximum absolute atomic E-state index is 13.8. The van der Waals surface area contributed by atoms with Gasteiger partial charge in [0.2, 0.25) is 0 Å². The van der Waals surface area contributed by atoms with Crippen LogP contribution in [-0.2, 0) is 4.74 Å². The number of Topliss-reactive ketones (excluding diaryl/α,β-unsaturated/α-hetero) is 1. The lowest BCUT2D eigenvalue weighted by Crippen LogP contribution is -2.43. The molecule has 2 rings (SSSR count). The van der Waals surface area contributed by atoms with Crippen molar-refractivity contribution in [3.8, 4) is 0 Å². The molecule has 0 spiro atoms. The van der Waals surface area contributed by atoms with Crippen molar-refractivity contribution in [1.29, 1.82) is 0 Å². The highest BCUT2D eigenvalue weighted by Crippen LogP contribution is 2.35. The topological polar surface area (TPSA) is 26.3 Å². The second kappa shape index (κ2) is 5.49. The zero-order chi connectivity index (χ0) is 13.2. The van der Waals surface area contributed by atoms with Gasteiger partial charge in [0.1, 0.15) is 11.4 Å². The molecule has 0 unspecified atom stereocenters. The summed E-state index contributed by atoms with van der Waals surface area (Å²) in [7, 11) is 1.54. The number of hydrogen-bond donors (Lipinski definition) is 0. The van der Waals surface area contributed by atoms with Crippen molar-refractivity contribution in [2.75, 3.05) is 7.11 Å². The van der Waals surface area contributed by atoms with Gasteiger partial charge in [-0.05, 0) is 31.0 Å². The maximum atomic E-state index is 13.8. The van der Waals surface area contributed by atoms with Crippen LogP contribution in [0, 0.1) is 5.82 Å². The molecule has 0 N–H and O–H groups in total. The molecule has 18 heavy (non-hydrogen) atoms. The van der Waals surface area contributed by atoms with Gasteiger partial charge in [-0.2, -0.15) is 0 Å². The minimum atomic E-state index is -0.833. The van der Waals surface area contributed by atoms with Crippen LogP contribution in [0.15, 0.2) is 22.7 Å². The van der Waals surface area contributed by atoms with Crippen LogP contribution in [0.25, 0.3) is 0 Å². The third-order valence-electron chi connectivity index (χ3n) is 3.64. The molecule has 0 aromatic heterocycles. The first-order valence-electron chi connectivity index (χ1n) is 6.14. The lowest BCUT2D eigenvalue weighted by atomic mass is 9.79. The number of hydrogen-bond acceptors (Lipinski definition) is 2. The lowest BCUT2D eigenvalue weighted by Gasteiger charge is -2.34. The Morgan fingerprint density at radius 1 is 1.33 bits per heavy atom. The Hall–Kier alpha value is -0.740. The molecule has 0 atom stereocenters. The molecule has 4 heteroatoms. The van der Waals surface area contributed by atoms with E-state index in [9.17, 15) is 9.18 Å². The van der Waals surface area contributed by atoms with Crippen molar-refractivity contribution < 1.29 is 13.9 Å². The smallest absolute Gasteiger partial charge is 0.197 e. The van der Waals surface area contributed by atoms with Gasteiger partial charge in [0.05, 0.1) is 5.56 Å². The Morgan fingerprint density at radius 2 is 2.00 bits per heavy atom. The molecule has 0 radical (unpaired) electrons. The first kappa shape index (κ1) is 13.7. The molecule has 0 saturated heterocycles. The molecule has 98 valence electrons. The summed E-state index contributed by atoms with van der Waals surface area (Å²) in [6.07, 6.45) is 4.37. The fraction of sp³-hybridized carbons (Fsp3) is 0.500. The third-order valence-corrected chi connectivity index (χ3v) is 4.13. The van der Waals surface area contributed by atoms with Crippen LogP contribution >= 0.6 is 15.9 Å². The molecule has 0 amide bonds. The van der Waals surface area contributed by atoms with E-state index in [1.165, 1.54) is 12.1 Å². The highest BCUT2D eigenvalue weighted by atomic mass is 79.9. The van der Waals surface area contributed by atoms with Crippen LogP contribution in [0.5, 0.6) is 0 Å². The van der Waals surface area contributed by atoms with Gasteiger partial charge in [0.25, 0.3) is 0 Å². The molecule has 1 aliphatic carbocycles. The Morgan fingerprint density at radius 3 is 2.61 bits per heavy atom. The first-order valence-corrected chi connectivity index (χ1v) is 6.93. The molecule has 1 saturated carbocycles. The van der Waals surface area contributed by atoms with Gasteiger partial charge in [-0.3, -0.25) is 4.79 Å². The monoisotopic (exact) mass is 314 g/mol. The van der Waals surface area contributed by atoms with E-state index < -0.39 is 11.4 Å². The number of ether oxygens (including phenoxy) is 1. The predicted molar refractivity (Wildman–Crippen MR) is 71.3 cm³/mol. The molecule has 0 aliphatic heterocycles. The number of ketones is 1. The molecular weight excluding hydrogens is 299 g/mol. The van der Waals surface area contributed by atoms with E-state index in [4.69, 9.17) is 4.74 Å². The van der Waals surface area contributed by atoms with Crippen LogP contribution in [-0.4, -0.2) is 18.5 Å². The Bertz CT molecular complexity index is 453. The highest BCUT2D eigenvalue weighted by molar-refractivity contribution is 9.10. The lowest BCUT2D eigenvalue weighted by molar-refractivity contribution is -0.0196. The van der Waals surface area contributed by atoms with Crippen molar-refractivity contribution in [2.45, 2.75) is 37.7 Å². The summed E-state index contributed by atoms with van der Waals surface area (Å²) in [6.45, 7) is 0. The fourth-order valence-electron chi connectivity index (χ4n) is 2.56. The Kier molecular flexibility index (Phi) is 4.17. The van der Waals surface area contributed by atoms with E-state index in [-0.39, 0.29) is 11.3 Å². The largest absolute Gasteiger partial charge is 0.370 e. The predicted octanol–water partition coefficient (Wildman–Crippen LogP) is 4.12. The minimum Gasteiger partial charge on any atom is -0.370 e. The van der Waals surface area contributed by atoms with Crippen LogP contribution in [0.4, 0.5) is 4.39 Å². The normalized spacial score (nSPS) is 18.6. The van der Waals surface area contributed by atoms with Crippen molar-refractivity contribution >= 4 is 21.7 Å². The molecular formula is C14H16BrFO2. The van der Waals surface area contributed by atoms with E-state index in [1.54, 1.807) is 13.2 Å². The second-order valence-corrected chi connectivity index (χ2v) is 5.63. The zero-order valence-corrected chi connectivity index (χ0v) is 11.9. The van der Waals surface area contributed by atoms with Gasteiger partial charge in [-0.1, -0.05) is 35.2 Å². The van der Waals surface area contributed by atoms with E-state index in [0.717, 1.165) is 19.3 Å². The number of carbonyl (C=O) groups is 1. The summed E-state index contributed by atoms with van der Waals surface area (Å²) >= 11 is 3.27. The molecule has 1 aliphatic rings. The maximum Gasteiger partial charge on any atom is 0.197 e. The number of halogens is 2. The summed E-state index contributed by atoms with van der Waals surface area (Å²) in [5.74, 6) is -0.714. The summed E-state index contributed by atoms with van der Waals surface area (Å²) in [4.78, 5) is 12.5. The van der Waals surface area contributed by atoms with Gasteiger partial charge >= 0.3 is 0 Å². The van der Waals surface area contributed by atoms with Gasteiger partial charge < -0.3 is 4.74 Å². The molecule has 1 aromatic carbocycles. The van der Waals surface area contributed by atoms with Gasteiger partial charge in [-0.25, -0.2) is 4.39 Å².